The smallest absolute Gasteiger partial charge is 0.288 e. The first kappa shape index (κ1) is 21.3. The Morgan fingerprint density at radius 3 is 2.72 bits per heavy atom. The van der Waals surface area contributed by atoms with Gasteiger partial charge >= 0.3 is 0 Å². The van der Waals surface area contributed by atoms with E-state index >= 15 is 0 Å². The number of rotatable bonds is 7. The van der Waals surface area contributed by atoms with Crippen molar-refractivity contribution < 1.29 is 22.9 Å². The quantitative estimate of drug-likeness (QED) is 0.519. The van der Waals surface area contributed by atoms with E-state index in [2.05, 4.69) is 10.3 Å². The van der Waals surface area contributed by atoms with Gasteiger partial charge < -0.3 is 10.1 Å². The molecule has 2 aromatic rings. The second-order valence-electron chi connectivity index (χ2n) is 6.93. The number of benzene rings is 1. The minimum Gasteiger partial charge on any atom is -0.381 e. The molecule has 2 heterocycles. The molecule has 1 aliphatic rings. The lowest BCUT2D eigenvalue weighted by Gasteiger charge is -2.26. The fraction of sp³-hybridized carbons (Fsp3) is 0.444. The number of anilines is 1. The Morgan fingerprint density at radius 2 is 2.14 bits per heavy atom. The standard InChI is InChI=1S/C18H21N3O6S2/c1-29(25,26)16-3-2-13(11-15(16)21(23)24)14(10-12-4-7-27-8-5-12)17(22)20-18-19-6-9-28-18/h2-3,6,9,11-12,14H,4-5,7-8,10H2,1H3,(H,19,20,22). The maximum atomic E-state index is 13.0. The van der Waals surface area contributed by atoms with Gasteiger partial charge in [0.15, 0.2) is 15.0 Å². The number of sulfone groups is 1. The van der Waals surface area contributed by atoms with Crippen molar-refractivity contribution in [2.45, 2.75) is 30.1 Å². The van der Waals surface area contributed by atoms with E-state index in [0.717, 1.165) is 19.1 Å². The first-order chi connectivity index (χ1) is 13.8. The highest BCUT2D eigenvalue weighted by Gasteiger charge is 2.30. The molecule has 1 saturated heterocycles. The third kappa shape index (κ3) is 5.37. The van der Waals surface area contributed by atoms with Crippen LogP contribution in [0.3, 0.4) is 0 Å². The number of carbonyl (C=O) groups excluding carboxylic acids is 1. The van der Waals surface area contributed by atoms with Gasteiger partial charge in [0.1, 0.15) is 4.90 Å². The number of nitro benzene ring substituents is 1. The monoisotopic (exact) mass is 439 g/mol. The molecule has 0 bridgehead atoms. The van der Waals surface area contributed by atoms with Crippen LogP contribution in [0.2, 0.25) is 0 Å². The van der Waals surface area contributed by atoms with Crippen LogP contribution in [-0.2, 0) is 19.4 Å². The second kappa shape index (κ2) is 8.97. The summed E-state index contributed by atoms with van der Waals surface area (Å²) in [5, 5.41) is 16.4. The summed E-state index contributed by atoms with van der Waals surface area (Å²) in [5.41, 5.74) is -0.117. The van der Waals surface area contributed by atoms with Crippen LogP contribution in [0.4, 0.5) is 10.8 Å². The molecule has 29 heavy (non-hydrogen) atoms. The SMILES string of the molecule is CS(=O)(=O)c1ccc(C(CC2CCOCC2)C(=O)Nc2nccs2)cc1[N+](=O)[O-]. The molecule has 0 saturated carbocycles. The van der Waals surface area contributed by atoms with Gasteiger partial charge in [-0.15, -0.1) is 11.3 Å². The van der Waals surface area contributed by atoms with E-state index in [4.69, 9.17) is 4.74 Å². The number of ether oxygens (including phenoxy) is 1. The number of amides is 1. The summed E-state index contributed by atoms with van der Waals surface area (Å²) in [4.78, 5) is 27.4. The summed E-state index contributed by atoms with van der Waals surface area (Å²) in [6.07, 6.45) is 4.56. The van der Waals surface area contributed by atoms with Gasteiger partial charge in [-0.05, 0) is 36.8 Å². The van der Waals surface area contributed by atoms with Crippen LogP contribution in [0.1, 0.15) is 30.7 Å². The predicted molar refractivity (Wildman–Crippen MR) is 108 cm³/mol. The van der Waals surface area contributed by atoms with Crippen LogP contribution in [0.5, 0.6) is 0 Å². The van der Waals surface area contributed by atoms with Gasteiger partial charge in [-0.1, -0.05) is 6.07 Å². The van der Waals surface area contributed by atoms with Gasteiger partial charge in [-0.25, -0.2) is 13.4 Å². The molecule has 3 rings (SSSR count). The molecule has 1 fully saturated rings. The first-order valence-corrected chi connectivity index (χ1v) is 11.8. The molecule has 1 amide bonds. The van der Waals surface area contributed by atoms with Gasteiger partial charge in [0.05, 0.1) is 10.8 Å². The largest absolute Gasteiger partial charge is 0.381 e. The number of hydrogen-bond acceptors (Lipinski definition) is 8. The van der Waals surface area contributed by atoms with Gasteiger partial charge in [0, 0.05) is 37.1 Å². The number of nitro groups is 1. The Labute approximate surface area is 172 Å². The molecular formula is C18H21N3O6S2. The zero-order chi connectivity index (χ0) is 21.0. The molecule has 1 aliphatic heterocycles. The van der Waals surface area contributed by atoms with Crippen molar-refractivity contribution in [3.8, 4) is 0 Å². The molecule has 9 nitrogen and oxygen atoms in total. The summed E-state index contributed by atoms with van der Waals surface area (Å²) >= 11 is 1.27. The third-order valence-electron chi connectivity index (χ3n) is 4.87. The lowest BCUT2D eigenvalue weighted by atomic mass is 9.84. The number of nitrogens with zero attached hydrogens (tertiary/aromatic N) is 2. The zero-order valence-electron chi connectivity index (χ0n) is 15.7. The molecular weight excluding hydrogens is 418 g/mol. The Hall–Kier alpha value is -2.37. The van der Waals surface area contributed by atoms with Gasteiger partial charge in [0.25, 0.3) is 5.69 Å². The summed E-state index contributed by atoms with van der Waals surface area (Å²) in [7, 11) is -3.78. The normalized spacial score (nSPS) is 16.3. The van der Waals surface area contributed by atoms with Crippen molar-refractivity contribution in [3.05, 3.63) is 45.5 Å². The average Bonchev–Trinajstić information content (AvgIpc) is 3.18. The number of thiazole rings is 1. The first-order valence-electron chi connectivity index (χ1n) is 9.02. The molecule has 0 aliphatic carbocycles. The van der Waals surface area contributed by atoms with Gasteiger partial charge in [-0.2, -0.15) is 0 Å². The van der Waals surface area contributed by atoms with Crippen LogP contribution < -0.4 is 5.32 Å². The van der Waals surface area contributed by atoms with Crippen molar-refractivity contribution in [2.75, 3.05) is 24.8 Å². The molecule has 1 atom stereocenters. The Bertz CT molecular complexity index is 985. The fourth-order valence-electron chi connectivity index (χ4n) is 3.39. The molecule has 0 radical (unpaired) electrons. The molecule has 0 spiro atoms. The number of carbonyl (C=O) groups is 1. The Balaban J connectivity index is 1.96. The number of nitrogens with one attached hydrogen (secondary N) is 1. The highest BCUT2D eigenvalue weighted by atomic mass is 32.2. The van der Waals surface area contributed by atoms with Crippen molar-refractivity contribution in [1.29, 1.82) is 0 Å². The van der Waals surface area contributed by atoms with E-state index in [-0.39, 0.29) is 16.7 Å². The Kier molecular flexibility index (Phi) is 6.60. The highest BCUT2D eigenvalue weighted by molar-refractivity contribution is 7.90. The van der Waals surface area contributed by atoms with Crippen LogP contribution in [-0.4, -0.2) is 43.7 Å². The Morgan fingerprint density at radius 1 is 1.41 bits per heavy atom. The molecule has 1 N–H and O–H groups in total. The molecule has 1 aromatic heterocycles. The maximum Gasteiger partial charge on any atom is 0.288 e. The minimum absolute atomic E-state index is 0.226. The summed E-state index contributed by atoms with van der Waals surface area (Å²) in [6.45, 7) is 1.22. The van der Waals surface area contributed by atoms with E-state index in [1.54, 1.807) is 11.6 Å². The summed E-state index contributed by atoms with van der Waals surface area (Å²) < 4.78 is 29.2. The van der Waals surface area contributed by atoms with Crippen molar-refractivity contribution in [1.82, 2.24) is 4.98 Å². The minimum atomic E-state index is -3.78. The second-order valence-corrected chi connectivity index (χ2v) is 9.81. The maximum absolute atomic E-state index is 13.0. The molecule has 11 heteroatoms. The fourth-order valence-corrected chi connectivity index (χ4v) is 4.76. The van der Waals surface area contributed by atoms with Crippen molar-refractivity contribution in [3.63, 3.8) is 0 Å². The highest BCUT2D eigenvalue weighted by Crippen LogP contribution is 2.34. The topological polar surface area (TPSA) is 128 Å². The summed E-state index contributed by atoms with van der Waals surface area (Å²) in [5.74, 6) is -0.772. The van der Waals surface area contributed by atoms with Crippen LogP contribution in [0, 0.1) is 16.0 Å². The predicted octanol–water partition coefficient (Wildman–Crippen LogP) is 2.99. The van der Waals surface area contributed by atoms with Crippen LogP contribution in [0.15, 0.2) is 34.7 Å². The zero-order valence-corrected chi connectivity index (χ0v) is 17.4. The lowest BCUT2D eigenvalue weighted by molar-refractivity contribution is -0.387. The van der Waals surface area contributed by atoms with Crippen LogP contribution in [0.25, 0.3) is 0 Å². The van der Waals surface area contributed by atoms with Crippen molar-refractivity contribution in [2.24, 2.45) is 5.92 Å². The lowest BCUT2D eigenvalue weighted by Crippen LogP contribution is -2.26. The van der Waals surface area contributed by atoms with E-state index in [9.17, 15) is 23.3 Å². The third-order valence-corrected chi connectivity index (χ3v) is 6.70. The number of hydrogen-bond donors (Lipinski definition) is 1. The van der Waals surface area contributed by atoms with Gasteiger partial charge in [0.2, 0.25) is 5.91 Å². The van der Waals surface area contributed by atoms with E-state index < -0.39 is 26.4 Å². The molecule has 156 valence electrons. The summed E-state index contributed by atoms with van der Waals surface area (Å²) in [6, 6.07) is 3.88. The molecule has 1 aromatic carbocycles. The van der Waals surface area contributed by atoms with E-state index in [1.807, 2.05) is 0 Å². The van der Waals surface area contributed by atoms with E-state index in [1.165, 1.54) is 29.5 Å². The average molecular weight is 440 g/mol. The van der Waals surface area contributed by atoms with E-state index in [0.29, 0.717) is 30.3 Å². The molecule has 1 unspecified atom stereocenters. The van der Waals surface area contributed by atoms with Crippen molar-refractivity contribution >= 4 is 37.9 Å². The number of aromatic nitrogens is 1. The van der Waals surface area contributed by atoms with Gasteiger partial charge in [-0.3, -0.25) is 14.9 Å². The van der Waals surface area contributed by atoms with Crippen LogP contribution >= 0.6 is 11.3 Å².